The highest BCUT2D eigenvalue weighted by Gasteiger charge is 2.24. The summed E-state index contributed by atoms with van der Waals surface area (Å²) in [5, 5.41) is 10.3. The summed E-state index contributed by atoms with van der Waals surface area (Å²) in [5.74, 6) is 0.751. The molecular weight excluding hydrogens is 318 g/mol. The number of furan rings is 2. The van der Waals surface area contributed by atoms with Crippen LogP contribution < -0.4 is 0 Å². The third-order valence-corrected chi connectivity index (χ3v) is 4.32. The van der Waals surface area contributed by atoms with Crippen molar-refractivity contribution in [1.29, 1.82) is 0 Å². The van der Waals surface area contributed by atoms with Crippen LogP contribution in [0.1, 0.15) is 40.8 Å². The van der Waals surface area contributed by atoms with Gasteiger partial charge in [-0.15, -0.1) is 0 Å². The maximum Gasteiger partial charge on any atom is 0.290 e. The predicted molar refractivity (Wildman–Crippen MR) is 95.5 cm³/mol. The first-order valence-electron chi connectivity index (χ1n) is 8.58. The van der Waals surface area contributed by atoms with E-state index in [1.54, 1.807) is 18.4 Å². The monoisotopic (exact) mass is 341 g/mol. The number of hydrogen-bond acceptors (Lipinski definition) is 4. The molecule has 1 aromatic carbocycles. The van der Waals surface area contributed by atoms with E-state index in [4.69, 9.17) is 8.83 Å². The van der Waals surface area contributed by atoms with Crippen LogP contribution in [0.2, 0.25) is 0 Å². The minimum atomic E-state index is -0.240. The summed E-state index contributed by atoms with van der Waals surface area (Å²) in [7, 11) is 0. The summed E-state index contributed by atoms with van der Waals surface area (Å²) in [5.41, 5.74) is 2.78. The lowest BCUT2D eigenvalue weighted by Gasteiger charge is -2.19. The van der Waals surface area contributed by atoms with E-state index in [1.165, 1.54) is 10.5 Å². The number of hydrogen-bond donors (Lipinski definition) is 1. The van der Waals surface area contributed by atoms with Gasteiger partial charge in [0.2, 0.25) is 0 Å². The number of amides is 1. The van der Waals surface area contributed by atoms with Crippen LogP contribution in [-0.2, 0) is 13.0 Å². The van der Waals surface area contributed by atoms with Crippen LogP contribution in [0.15, 0.2) is 45.4 Å². The Morgan fingerprint density at radius 1 is 1.28 bits per heavy atom. The molecule has 1 N–H and O–H groups in total. The second kappa shape index (κ2) is 7.57. The average molecular weight is 341 g/mol. The highest BCUT2D eigenvalue weighted by atomic mass is 16.3. The van der Waals surface area contributed by atoms with Gasteiger partial charge >= 0.3 is 0 Å². The van der Waals surface area contributed by atoms with Crippen LogP contribution in [0.3, 0.4) is 0 Å². The third-order valence-electron chi connectivity index (χ3n) is 4.32. The molecule has 2 heterocycles. The Balaban J connectivity index is 1.92. The Kier molecular flexibility index (Phi) is 5.24. The fourth-order valence-corrected chi connectivity index (χ4v) is 3.02. The standard InChI is InChI=1S/C20H23NO4/c1-3-5-15-7-8-18-17(12-15)14(2)19(25-18)20(23)21(9-10-22)13-16-6-4-11-24-16/h4,6-8,11-12,22H,3,5,9-10,13H2,1-2H3. The van der Waals surface area contributed by atoms with E-state index >= 15 is 0 Å². The second-order valence-electron chi connectivity index (χ2n) is 6.17. The lowest BCUT2D eigenvalue weighted by Crippen LogP contribution is -2.33. The Morgan fingerprint density at radius 2 is 2.12 bits per heavy atom. The Morgan fingerprint density at radius 3 is 2.80 bits per heavy atom. The van der Waals surface area contributed by atoms with Crippen LogP contribution in [0, 0.1) is 6.92 Å². The van der Waals surface area contributed by atoms with Gasteiger partial charge in [-0.1, -0.05) is 19.4 Å². The molecule has 1 amide bonds. The number of rotatable bonds is 7. The molecule has 0 radical (unpaired) electrons. The molecular formula is C20H23NO4. The summed E-state index contributed by atoms with van der Waals surface area (Å²) in [6.45, 7) is 4.44. The number of aryl methyl sites for hydroxylation is 2. The number of benzene rings is 1. The van der Waals surface area contributed by atoms with Crippen molar-refractivity contribution in [3.63, 3.8) is 0 Å². The van der Waals surface area contributed by atoms with E-state index in [0.29, 0.717) is 23.6 Å². The molecule has 0 spiro atoms. The van der Waals surface area contributed by atoms with Crippen molar-refractivity contribution in [1.82, 2.24) is 4.90 Å². The summed E-state index contributed by atoms with van der Waals surface area (Å²) < 4.78 is 11.2. The van der Waals surface area contributed by atoms with Crippen molar-refractivity contribution in [3.05, 3.63) is 59.2 Å². The van der Waals surface area contributed by atoms with Crippen molar-refractivity contribution >= 4 is 16.9 Å². The molecule has 0 bridgehead atoms. The number of carbonyl (C=O) groups excluding carboxylic acids is 1. The Labute approximate surface area is 146 Å². The molecule has 132 valence electrons. The van der Waals surface area contributed by atoms with E-state index in [-0.39, 0.29) is 19.1 Å². The molecule has 3 rings (SSSR count). The van der Waals surface area contributed by atoms with Gasteiger partial charge in [0.25, 0.3) is 5.91 Å². The lowest BCUT2D eigenvalue weighted by atomic mass is 10.1. The zero-order valence-corrected chi connectivity index (χ0v) is 14.6. The van der Waals surface area contributed by atoms with E-state index in [9.17, 15) is 9.90 Å². The van der Waals surface area contributed by atoms with Crippen LogP contribution in [0.5, 0.6) is 0 Å². The largest absolute Gasteiger partial charge is 0.467 e. The van der Waals surface area contributed by atoms with Gasteiger partial charge in [0, 0.05) is 17.5 Å². The van der Waals surface area contributed by atoms with E-state index in [2.05, 4.69) is 13.0 Å². The van der Waals surface area contributed by atoms with Crippen molar-refractivity contribution in [2.24, 2.45) is 0 Å². The molecule has 3 aromatic rings. The van der Waals surface area contributed by atoms with Crippen LogP contribution in [0.4, 0.5) is 0 Å². The summed E-state index contributed by atoms with van der Waals surface area (Å²) >= 11 is 0. The van der Waals surface area contributed by atoms with Crippen molar-refractivity contribution in [2.45, 2.75) is 33.2 Å². The van der Waals surface area contributed by atoms with Crippen molar-refractivity contribution in [2.75, 3.05) is 13.2 Å². The smallest absolute Gasteiger partial charge is 0.290 e. The van der Waals surface area contributed by atoms with Crippen molar-refractivity contribution in [3.8, 4) is 0 Å². The molecule has 0 fully saturated rings. The first-order chi connectivity index (χ1) is 12.1. The molecule has 0 atom stereocenters. The van der Waals surface area contributed by atoms with Gasteiger partial charge in [-0.2, -0.15) is 0 Å². The first kappa shape index (κ1) is 17.3. The van der Waals surface area contributed by atoms with Crippen LogP contribution in [-0.4, -0.2) is 29.1 Å². The molecule has 0 aliphatic rings. The summed E-state index contributed by atoms with van der Waals surface area (Å²) in [6.07, 6.45) is 3.64. The number of fused-ring (bicyclic) bond motifs is 1. The molecule has 2 aromatic heterocycles. The first-order valence-corrected chi connectivity index (χ1v) is 8.58. The minimum absolute atomic E-state index is 0.119. The van der Waals surface area contributed by atoms with Gasteiger partial charge in [0.15, 0.2) is 5.76 Å². The highest BCUT2D eigenvalue weighted by Crippen LogP contribution is 2.28. The molecule has 0 saturated carbocycles. The van der Waals surface area contributed by atoms with Gasteiger partial charge in [-0.25, -0.2) is 0 Å². The SMILES string of the molecule is CCCc1ccc2oc(C(=O)N(CCO)Cc3ccco3)c(C)c2c1. The molecule has 5 nitrogen and oxygen atoms in total. The number of aliphatic hydroxyl groups is 1. The quantitative estimate of drug-likeness (QED) is 0.707. The van der Waals surface area contributed by atoms with E-state index in [1.807, 2.05) is 19.1 Å². The predicted octanol–water partition coefficient (Wildman–Crippen LogP) is 3.92. The average Bonchev–Trinajstić information content (AvgIpc) is 3.23. The van der Waals surface area contributed by atoms with Gasteiger partial charge in [0.05, 0.1) is 19.4 Å². The molecule has 0 unspecified atom stereocenters. The Bertz CT molecular complexity index is 848. The maximum absolute atomic E-state index is 12.9. The molecule has 5 heteroatoms. The van der Waals surface area contributed by atoms with Gasteiger partial charge < -0.3 is 18.8 Å². The normalized spacial score (nSPS) is 11.2. The zero-order chi connectivity index (χ0) is 17.8. The fraction of sp³-hybridized carbons (Fsp3) is 0.350. The van der Waals surface area contributed by atoms with Crippen LogP contribution >= 0.6 is 0 Å². The molecule has 25 heavy (non-hydrogen) atoms. The molecule has 0 aliphatic carbocycles. The number of aliphatic hydroxyl groups excluding tert-OH is 1. The van der Waals surface area contributed by atoms with E-state index < -0.39 is 0 Å². The molecule has 0 saturated heterocycles. The maximum atomic E-state index is 12.9. The molecule has 0 aliphatic heterocycles. The topological polar surface area (TPSA) is 66.8 Å². The number of nitrogens with zero attached hydrogens (tertiary/aromatic N) is 1. The minimum Gasteiger partial charge on any atom is -0.467 e. The fourth-order valence-electron chi connectivity index (χ4n) is 3.02. The highest BCUT2D eigenvalue weighted by molar-refractivity contribution is 5.99. The van der Waals surface area contributed by atoms with Crippen LogP contribution in [0.25, 0.3) is 11.0 Å². The lowest BCUT2D eigenvalue weighted by molar-refractivity contribution is 0.0664. The van der Waals surface area contributed by atoms with Gasteiger partial charge in [-0.05, 0) is 43.2 Å². The number of carbonyl (C=O) groups is 1. The third kappa shape index (κ3) is 3.61. The zero-order valence-electron chi connectivity index (χ0n) is 14.6. The van der Waals surface area contributed by atoms with Gasteiger partial charge in [0.1, 0.15) is 11.3 Å². The van der Waals surface area contributed by atoms with Crippen molar-refractivity contribution < 1.29 is 18.7 Å². The Hall–Kier alpha value is -2.53. The summed E-state index contributed by atoms with van der Waals surface area (Å²) in [6, 6.07) is 9.64. The van der Waals surface area contributed by atoms with Gasteiger partial charge in [-0.3, -0.25) is 4.79 Å². The van der Waals surface area contributed by atoms with E-state index in [0.717, 1.165) is 23.8 Å². The summed E-state index contributed by atoms with van der Waals surface area (Å²) in [4.78, 5) is 14.5. The second-order valence-corrected chi connectivity index (χ2v) is 6.17.